The van der Waals surface area contributed by atoms with Crippen molar-refractivity contribution in [3.05, 3.63) is 40.6 Å². The van der Waals surface area contributed by atoms with Crippen LogP contribution >= 0.6 is 0 Å². The van der Waals surface area contributed by atoms with Crippen LogP contribution in [-0.2, 0) is 4.79 Å². The predicted molar refractivity (Wildman–Crippen MR) is 79.4 cm³/mol. The minimum Gasteiger partial charge on any atom is -0.370 e. The Morgan fingerprint density at radius 3 is 3.00 bits per heavy atom. The number of carbonyl (C=O) groups excluding carboxylic acids is 1. The standard InChI is InChI=1S/C15H15N3O3/c19-10-11-3-2-8-17(9-11)13-5-6-14(18(20)21)15-12(13)4-1-7-16-15/h1,4-7,10-11H,2-3,8-9H2. The Hall–Kier alpha value is -2.50. The molecule has 0 radical (unpaired) electrons. The van der Waals surface area contributed by atoms with Crippen molar-refractivity contribution in [1.82, 2.24) is 4.98 Å². The van der Waals surface area contributed by atoms with E-state index in [1.165, 1.54) is 6.07 Å². The lowest BCUT2D eigenvalue weighted by Crippen LogP contribution is -2.36. The summed E-state index contributed by atoms with van der Waals surface area (Å²) in [5, 5.41) is 11.9. The third-order valence-corrected chi connectivity index (χ3v) is 3.91. The van der Waals surface area contributed by atoms with Crippen LogP contribution in [0.2, 0.25) is 0 Å². The summed E-state index contributed by atoms with van der Waals surface area (Å²) < 4.78 is 0. The Morgan fingerprint density at radius 1 is 1.38 bits per heavy atom. The van der Waals surface area contributed by atoms with Crippen LogP contribution in [0.25, 0.3) is 10.9 Å². The molecule has 2 aromatic rings. The number of benzene rings is 1. The summed E-state index contributed by atoms with van der Waals surface area (Å²) >= 11 is 0. The van der Waals surface area contributed by atoms with E-state index in [4.69, 9.17) is 0 Å². The third-order valence-electron chi connectivity index (χ3n) is 3.91. The first-order valence-electron chi connectivity index (χ1n) is 6.93. The molecule has 0 bridgehead atoms. The summed E-state index contributed by atoms with van der Waals surface area (Å²) in [4.78, 5) is 28.0. The normalized spacial score (nSPS) is 18.7. The minimum atomic E-state index is -0.413. The summed E-state index contributed by atoms with van der Waals surface area (Å²) in [6, 6.07) is 6.87. The van der Waals surface area contributed by atoms with E-state index in [0.29, 0.717) is 12.1 Å². The molecule has 0 aliphatic carbocycles. The predicted octanol–water partition coefficient (Wildman–Crippen LogP) is 2.56. The Balaban J connectivity index is 2.09. The third kappa shape index (κ3) is 2.44. The van der Waals surface area contributed by atoms with Crippen LogP contribution in [0.4, 0.5) is 11.4 Å². The monoisotopic (exact) mass is 285 g/mol. The van der Waals surface area contributed by atoms with Crippen LogP contribution in [0.15, 0.2) is 30.5 Å². The lowest BCUT2D eigenvalue weighted by molar-refractivity contribution is -0.383. The number of anilines is 1. The van der Waals surface area contributed by atoms with Crippen LogP contribution in [0.5, 0.6) is 0 Å². The molecule has 1 aliphatic rings. The van der Waals surface area contributed by atoms with Gasteiger partial charge in [-0.1, -0.05) is 0 Å². The maximum absolute atomic E-state index is 11.1. The van der Waals surface area contributed by atoms with Crippen molar-refractivity contribution < 1.29 is 9.72 Å². The van der Waals surface area contributed by atoms with Crippen LogP contribution < -0.4 is 4.90 Å². The molecule has 1 unspecified atom stereocenters. The van der Waals surface area contributed by atoms with E-state index in [2.05, 4.69) is 9.88 Å². The first kappa shape index (κ1) is 13.5. The second-order valence-corrected chi connectivity index (χ2v) is 5.24. The molecule has 6 heteroatoms. The highest BCUT2D eigenvalue weighted by molar-refractivity contribution is 5.97. The first-order valence-corrected chi connectivity index (χ1v) is 6.93. The number of aldehydes is 1. The molecule has 0 saturated carbocycles. The number of hydrogen-bond acceptors (Lipinski definition) is 5. The van der Waals surface area contributed by atoms with Gasteiger partial charge in [-0.05, 0) is 31.0 Å². The van der Waals surface area contributed by atoms with Gasteiger partial charge in [-0.15, -0.1) is 0 Å². The van der Waals surface area contributed by atoms with E-state index in [9.17, 15) is 14.9 Å². The summed E-state index contributed by atoms with van der Waals surface area (Å²) in [5.41, 5.74) is 1.32. The highest BCUT2D eigenvalue weighted by atomic mass is 16.6. The largest absolute Gasteiger partial charge is 0.370 e. The van der Waals surface area contributed by atoms with Crippen molar-refractivity contribution in [2.75, 3.05) is 18.0 Å². The topological polar surface area (TPSA) is 76.3 Å². The van der Waals surface area contributed by atoms with Crippen molar-refractivity contribution in [2.45, 2.75) is 12.8 Å². The summed E-state index contributed by atoms with van der Waals surface area (Å²) in [6.45, 7) is 1.51. The van der Waals surface area contributed by atoms with Crippen molar-refractivity contribution in [3.63, 3.8) is 0 Å². The van der Waals surface area contributed by atoms with Crippen LogP contribution in [0.3, 0.4) is 0 Å². The van der Waals surface area contributed by atoms with Crippen molar-refractivity contribution in [2.24, 2.45) is 5.92 Å². The summed E-state index contributed by atoms with van der Waals surface area (Å²) in [5.74, 6) is 0.0284. The highest BCUT2D eigenvalue weighted by Gasteiger charge is 2.23. The SMILES string of the molecule is O=CC1CCCN(c2ccc([N+](=O)[O-])c3ncccc23)C1. The molecule has 108 valence electrons. The fourth-order valence-electron chi connectivity index (χ4n) is 2.91. The number of hydrogen-bond donors (Lipinski definition) is 0. The maximum atomic E-state index is 11.1. The average Bonchev–Trinajstić information content (AvgIpc) is 2.53. The number of pyridine rings is 1. The molecule has 1 aromatic carbocycles. The van der Waals surface area contributed by atoms with E-state index in [-0.39, 0.29) is 11.6 Å². The quantitative estimate of drug-likeness (QED) is 0.492. The average molecular weight is 285 g/mol. The lowest BCUT2D eigenvalue weighted by Gasteiger charge is -2.32. The van der Waals surface area contributed by atoms with Gasteiger partial charge in [0.05, 0.1) is 4.92 Å². The molecule has 21 heavy (non-hydrogen) atoms. The van der Waals surface area contributed by atoms with Gasteiger partial charge >= 0.3 is 0 Å². The maximum Gasteiger partial charge on any atom is 0.295 e. The second-order valence-electron chi connectivity index (χ2n) is 5.24. The van der Waals surface area contributed by atoms with E-state index >= 15 is 0 Å². The van der Waals surface area contributed by atoms with Gasteiger partial charge in [0.1, 0.15) is 11.8 Å². The molecule has 0 spiro atoms. The molecule has 1 aromatic heterocycles. The fourth-order valence-corrected chi connectivity index (χ4v) is 2.91. The van der Waals surface area contributed by atoms with E-state index in [0.717, 1.165) is 36.7 Å². The van der Waals surface area contributed by atoms with Gasteiger partial charge in [-0.3, -0.25) is 10.1 Å². The number of nitro benzene ring substituents is 1. The highest BCUT2D eigenvalue weighted by Crippen LogP contribution is 2.33. The van der Waals surface area contributed by atoms with E-state index < -0.39 is 4.92 Å². The second kappa shape index (κ2) is 5.47. The van der Waals surface area contributed by atoms with Crippen molar-refractivity contribution >= 4 is 28.6 Å². The van der Waals surface area contributed by atoms with Gasteiger partial charge in [0, 0.05) is 42.3 Å². The number of carbonyl (C=O) groups is 1. The molecule has 1 aliphatic heterocycles. The minimum absolute atomic E-state index is 0.0123. The lowest BCUT2D eigenvalue weighted by atomic mass is 9.98. The number of rotatable bonds is 3. The van der Waals surface area contributed by atoms with Crippen LogP contribution in [0, 0.1) is 16.0 Å². The van der Waals surface area contributed by atoms with E-state index in [1.807, 2.05) is 6.07 Å². The molecular formula is C15H15N3O3. The van der Waals surface area contributed by atoms with E-state index in [1.54, 1.807) is 18.3 Å². The molecule has 3 rings (SSSR count). The molecule has 1 saturated heterocycles. The smallest absolute Gasteiger partial charge is 0.295 e. The Labute approximate surface area is 121 Å². The molecule has 1 atom stereocenters. The fraction of sp³-hybridized carbons (Fsp3) is 0.333. The van der Waals surface area contributed by atoms with Crippen LogP contribution in [0.1, 0.15) is 12.8 Å². The zero-order valence-electron chi connectivity index (χ0n) is 11.4. The molecule has 1 fully saturated rings. The number of nitrogens with zero attached hydrogens (tertiary/aromatic N) is 3. The van der Waals surface area contributed by atoms with Gasteiger partial charge in [0.25, 0.3) is 5.69 Å². The number of nitro groups is 1. The first-order chi connectivity index (χ1) is 10.2. The zero-order chi connectivity index (χ0) is 14.8. The van der Waals surface area contributed by atoms with Crippen molar-refractivity contribution in [3.8, 4) is 0 Å². The van der Waals surface area contributed by atoms with Gasteiger partial charge in [0.2, 0.25) is 0 Å². The summed E-state index contributed by atoms with van der Waals surface area (Å²) in [6.07, 6.45) is 4.41. The molecule has 0 amide bonds. The van der Waals surface area contributed by atoms with Crippen molar-refractivity contribution in [1.29, 1.82) is 0 Å². The van der Waals surface area contributed by atoms with Gasteiger partial charge in [-0.25, -0.2) is 4.98 Å². The van der Waals surface area contributed by atoms with Gasteiger partial charge in [0.15, 0.2) is 0 Å². The molecular weight excluding hydrogens is 270 g/mol. The Morgan fingerprint density at radius 2 is 2.24 bits per heavy atom. The molecule has 0 N–H and O–H groups in total. The number of fused-ring (bicyclic) bond motifs is 1. The van der Waals surface area contributed by atoms with Crippen LogP contribution in [-0.4, -0.2) is 29.3 Å². The summed E-state index contributed by atoms with van der Waals surface area (Å²) in [7, 11) is 0. The number of aromatic nitrogens is 1. The Kier molecular flexibility index (Phi) is 3.51. The van der Waals surface area contributed by atoms with Gasteiger partial charge < -0.3 is 9.69 Å². The number of non-ortho nitro benzene ring substituents is 1. The number of piperidine rings is 1. The zero-order valence-corrected chi connectivity index (χ0v) is 11.4. The van der Waals surface area contributed by atoms with Gasteiger partial charge in [-0.2, -0.15) is 0 Å². The molecule has 2 heterocycles. The Bertz CT molecular complexity index is 702. The molecule has 6 nitrogen and oxygen atoms in total.